The molecule has 0 aromatic carbocycles. The van der Waals surface area contributed by atoms with Crippen LogP contribution in [-0.2, 0) is 16.1 Å². The number of esters is 1. The van der Waals surface area contributed by atoms with Crippen LogP contribution in [0.25, 0.3) is 0 Å². The second kappa shape index (κ2) is 8.80. The Bertz CT molecular complexity index is 1020. The van der Waals surface area contributed by atoms with Crippen LogP contribution >= 0.6 is 27.3 Å². The summed E-state index contributed by atoms with van der Waals surface area (Å²) in [5.41, 5.74) is 5.83. The Morgan fingerprint density at radius 3 is 2.60 bits per heavy atom. The summed E-state index contributed by atoms with van der Waals surface area (Å²) in [6.07, 6.45) is -1.13. The van der Waals surface area contributed by atoms with Crippen LogP contribution < -0.4 is 11.1 Å². The number of nitrogens with one attached hydrogen (secondary N) is 1. The number of carbonyl (C=O) groups excluding carboxylic acids is 3. The molecule has 2 aromatic rings. The first-order valence-electron chi connectivity index (χ1n) is 9.10. The smallest absolute Gasteiger partial charge is 0.341 e. The Labute approximate surface area is 182 Å². The first kappa shape index (κ1) is 22.3. The molecule has 30 heavy (non-hydrogen) atoms. The van der Waals surface area contributed by atoms with Gasteiger partial charge < -0.3 is 15.8 Å². The van der Waals surface area contributed by atoms with Crippen molar-refractivity contribution in [1.29, 1.82) is 0 Å². The van der Waals surface area contributed by atoms with Crippen LogP contribution in [0.5, 0.6) is 0 Å². The third-order valence-corrected chi connectivity index (χ3v) is 6.56. The summed E-state index contributed by atoms with van der Waals surface area (Å²) < 4.78 is 32.9. The predicted octanol–water partition coefficient (Wildman–Crippen LogP) is 3.74. The summed E-state index contributed by atoms with van der Waals surface area (Å²) >= 11 is 4.03. The van der Waals surface area contributed by atoms with Gasteiger partial charge in [0.1, 0.15) is 17.2 Å². The molecule has 1 fully saturated rings. The van der Waals surface area contributed by atoms with Crippen molar-refractivity contribution in [3.8, 4) is 0 Å². The third kappa shape index (κ3) is 4.38. The van der Waals surface area contributed by atoms with Crippen LogP contribution in [0.1, 0.15) is 69.1 Å². The molecule has 0 saturated heterocycles. The number of anilines is 1. The van der Waals surface area contributed by atoms with Gasteiger partial charge in [-0.2, -0.15) is 5.10 Å². The van der Waals surface area contributed by atoms with Crippen molar-refractivity contribution in [2.24, 2.45) is 5.73 Å². The number of alkyl halides is 2. The van der Waals surface area contributed by atoms with E-state index in [9.17, 15) is 23.2 Å². The second-order valence-electron chi connectivity index (χ2n) is 6.71. The van der Waals surface area contributed by atoms with E-state index in [1.165, 1.54) is 11.6 Å². The molecule has 0 bridgehead atoms. The molecule has 2 aromatic heterocycles. The van der Waals surface area contributed by atoms with E-state index in [1.807, 2.05) is 0 Å². The molecular formula is C18H19BrF2N4O4S. The van der Waals surface area contributed by atoms with E-state index < -0.39 is 29.9 Å². The normalized spacial score (nSPS) is 13.5. The number of primary amides is 1. The van der Waals surface area contributed by atoms with Gasteiger partial charge in [0.25, 0.3) is 12.3 Å². The molecule has 3 N–H and O–H groups in total. The average Bonchev–Trinajstić information content (AvgIpc) is 3.35. The van der Waals surface area contributed by atoms with Crippen molar-refractivity contribution < 1.29 is 27.9 Å². The van der Waals surface area contributed by atoms with Gasteiger partial charge in [-0.05, 0) is 48.2 Å². The number of amides is 2. The maximum absolute atomic E-state index is 13.2. The standard InChI is InChI=1S/C18H19BrF2N4O4S/c1-3-29-18(28)10-7(2)14(16(22)27)30-17(10)23-9(26)6-25-13(8-4-5-8)11(19)12(24-25)15(20)21/h8,15H,3-6H2,1-2H3,(H2,22,27)(H,23,26). The number of nitrogens with zero attached hydrogens (tertiary/aromatic N) is 2. The zero-order valence-corrected chi connectivity index (χ0v) is 18.5. The topological polar surface area (TPSA) is 116 Å². The molecular weight excluding hydrogens is 486 g/mol. The van der Waals surface area contributed by atoms with Gasteiger partial charge in [0, 0.05) is 5.92 Å². The summed E-state index contributed by atoms with van der Waals surface area (Å²) in [5.74, 6) is -1.96. The van der Waals surface area contributed by atoms with E-state index in [-0.39, 0.29) is 39.0 Å². The van der Waals surface area contributed by atoms with Gasteiger partial charge in [-0.3, -0.25) is 14.3 Å². The number of hydrogen-bond donors (Lipinski definition) is 2. The Hall–Kier alpha value is -2.34. The minimum absolute atomic E-state index is 0.0429. The highest BCUT2D eigenvalue weighted by Crippen LogP contribution is 2.45. The molecule has 0 unspecified atom stereocenters. The summed E-state index contributed by atoms with van der Waals surface area (Å²) in [5, 5.41) is 6.56. The van der Waals surface area contributed by atoms with Crippen LogP contribution in [0, 0.1) is 6.92 Å². The van der Waals surface area contributed by atoms with Crippen molar-refractivity contribution in [3.05, 3.63) is 31.9 Å². The molecule has 0 spiro atoms. The van der Waals surface area contributed by atoms with Crippen molar-refractivity contribution in [1.82, 2.24) is 9.78 Å². The third-order valence-electron chi connectivity index (χ3n) is 4.52. The maximum atomic E-state index is 13.2. The minimum Gasteiger partial charge on any atom is -0.462 e. The minimum atomic E-state index is -2.78. The van der Waals surface area contributed by atoms with Gasteiger partial charge >= 0.3 is 5.97 Å². The molecule has 0 atom stereocenters. The van der Waals surface area contributed by atoms with Crippen LogP contribution in [0.2, 0.25) is 0 Å². The molecule has 12 heteroatoms. The van der Waals surface area contributed by atoms with Gasteiger partial charge in [-0.1, -0.05) is 0 Å². The first-order valence-corrected chi connectivity index (χ1v) is 10.7. The number of ether oxygens (including phenoxy) is 1. The van der Waals surface area contributed by atoms with Crippen LogP contribution in [0.15, 0.2) is 4.47 Å². The number of nitrogens with two attached hydrogens (primary N) is 1. The quantitative estimate of drug-likeness (QED) is 0.531. The molecule has 8 nitrogen and oxygen atoms in total. The highest BCUT2D eigenvalue weighted by atomic mass is 79.9. The Morgan fingerprint density at radius 2 is 2.07 bits per heavy atom. The largest absolute Gasteiger partial charge is 0.462 e. The lowest BCUT2D eigenvalue weighted by Crippen LogP contribution is -2.21. The molecule has 2 amide bonds. The van der Waals surface area contributed by atoms with Crippen molar-refractivity contribution in [2.75, 3.05) is 11.9 Å². The Balaban J connectivity index is 1.88. The number of thiophene rings is 1. The predicted molar refractivity (Wildman–Crippen MR) is 109 cm³/mol. The fourth-order valence-corrected chi connectivity index (χ4v) is 4.91. The van der Waals surface area contributed by atoms with E-state index in [0.29, 0.717) is 11.3 Å². The summed E-state index contributed by atoms with van der Waals surface area (Å²) in [7, 11) is 0. The fourth-order valence-electron chi connectivity index (χ4n) is 3.07. The first-order chi connectivity index (χ1) is 14.1. The highest BCUT2D eigenvalue weighted by Gasteiger charge is 2.34. The monoisotopic (exact) mass is 504 g/mol. The van der Waals surface area contributed by atoms with Crippen LogP contribution in [0.3, 0.4) is 0 Å². The Morgan fingerprint density at radius 1 is 1.40 bits per heavy atom. The lowest BCUT2D eigenvalue weighted by atomic mass is 10.1. The molecule has 1 saturated carbocycles. The van der Waals surface area contributed by atoms with E-state index in [2.05, 4.69) is 26.3 Å². The van der Waals surface area contributed by atoms with Gasteiger partial charge in [0.2, 0.25) is 5.91 Å². The van der Waals surface area contributed by atoms with Crippen molar-refractivity contribution >= 4 is 50.1 Å². The number of carbonyl (C=O) groups is 3. The average molecular weight is 505 g/mol. The van der Waals surface area contributed by atoms with Crippen molar-refractivity contribution in [3.63, 3.8) is 0 Å². The maximum Gasteiger partial charge on any atom is 0.341 e. The molecule has 3 rings (SSSR count). The zero-order chi connectivity index (χ0) is 22.2. The molecule has 1 aliphatic carbocycles. The lowest BCUT2D eigenvalue weighted by Gasteiger charge is -2.09. The zero-order valence-electron chi connectivity index (χ0n) is 16.1. The van der Waals surface area contributed by atoms with E-state index in [1.54, 1.807) is 6.92 Å². The molecule has 0 aliphatic heterocycles. The fraction of sp³-hybridized carbons (Fsp3) is 0.444. The summed E-state index contributed by atoms with van der Waals surface area (Å²) in [4.78, 5) is 36.7. The van der Waals surface area contributed by atoms with Gasteiger partial charge in [0.15, 0.2) is 0 Å². The van der Waals surface area contributed by atoms with E-state index >= 15 is 0 Å². The molecule has 2 heterocycles. The molecule has 0 radical (unpaired) electrons. The lowest BCUT2D eigenvalue weighted by molar-refractivity contribution is -0.116. The molecule has 162 valence electrons. The Kier molecular flexibility index (Phi) is 6.56. The number of rotatable bonds is 8. The van der Waals surface area contributed by atoms with Gasteiger partial charge in [-0.25, -0.2) is 13.6 Å². The van der Waals surface area contributed by atoms with Crippen molar-refractivity contribution in [2.45, 2.75) is 45.6 Å². The van der Waals surface area contributed by atoms with E-state index in [0.717, 1.165) is 24.2 Å². The van der Waals surface area contributed by atoms with Gasteiger partial charge in [0.05, 0.1) is 27.2 Å². The number of halogens is 3. The SMILES string of the molecule is CCOC(=O)c1c(NC(=O)Cn2nc(C(F)F)c(Br)c2C2CC2)sc(C(N)=O)c1C. The van der Waals surface area contributed by atoms with Crippen LogP contribution in [-0.4, -0.2) is 34.2 Å². The summed E-state index contributed by atoms with van der Waals surface area (Å²) in [6, 6.07) is 0. The number of aromatic nitrogens is 2. The second-order valence-corrected chi connectivity index (χ2v) is 8.52. The van der Waals surface area contributed by atoms with E-state index in [4.69, 9.17) is 10.5 Å². The number of hydrogen-bond acceptors (Lipinski definition) is 6. The summed E-state index contributed by atoms with van der Waals surface area (Å²) in [6.45, 7) is 2.93. The van der Waals surface area contributed by atoms with Crippen LogP contribution in [0.4, 0.5) is 13.8 Å². The molecule has 1 aliphatic rings. The van der Waals surface area contributed by atoms with Gasteiger partial charge in [-0.15, -0.1) is 11.3 Å². The highest BCUT2D eigenvalue weighted by molar-refractivity contribution is 9.10.